The van der Waals surface area contributed by atoms with Gasteiger partial charge in [0.05, 0.1) is 10.7 Å². The number of pyridine rings is 1. The number of hydrogen-bond donors (Lipinski definition) is 1. The molecule has 2 aliphatic rings. The number of halogens is 1. The molecule has 120 valence electrons. The van der Waals surface area contributed by atoms with Crippen molar-refractivity contribution in [2.75, 3.05) is 25.5 Å². The highest BCUT2D eigenvalue weighted by Gasteiger charge is 2.34. The Labute approximate surface area is 143 Å². The molecule has 1 saturated heterocycles. The van der Waals surface area contributed by atoms with E-state index in [-0.39, 0.29) is 0 Å². The second-order valence-electron chi connectivity index (χ2n) is 6.92. The third kappa shape index (κ3) is 2.84. The van der Waals surface area contributed by atoms with Gasteiger partial charge in [0.15, 0.2) is 5.58 Å². The first-order chi connectivity index (χ1) is 11.1. The maximum absolute atomic E-state index is 8.97. The average molecular weight is 375 g/mol. The second-order valence-corrected chi connectivity index (χ2v) is 7.72. The number of likely N-dealkylation sites (tertiary alicyclic amines) is 1. The van der Waals surface area contributed by atoms with Gasteiger partial charge in [0.2, 0.25) is 5.76 Å². The minimum atomic E-state index is 0.315. The molecule has 4 rings (SSSR count). The Balaban J connectivity index is 1.56. The molecule has 2 fully saturated rings. The molecule has 1 aliphatic carbocycles. The lowest BCUT2D eigenvalue weighted by molar-refractivity contribution is 0.100. The molecule has 2 aromatic rings. The van der Waals surface area contributed by atoms with E-state index in [1.54, 1.807) is 12.3 Å². The van der Waals surface area contributed by atoms with Gasteiger partial charge in [-0.25, -0.2) is 4.98 Å². The third-order valence-electron chi connectivity index (χ3n) is 5.01. The molecule has 2 bridgehead atoms. The smallest absolute Gasteiger partial charge is 0.204 e. The molecule has 0 aromatic carbocycles. The summed E-state index contributed by atoms with van der Waals surface area (Å²) in [7, 11) is 2.23. The highest BCUT2D eigenvalue weighted by molar-refractivity contribution is 9.10. The number of hydrogen-bond acceptors (Lipinski definition) is 5. The number of aromatic nitrogens is 1. The Morgan fingerprint density at radius 1 is 1.35 bits per heavy atom. The van der Waals surface area contributed by atoms with Crippen molar-refractivity contribution in [3.8, 4) is 6.07 Å². The van der Waals surface area contributed by atoms with Gasteiger partial charge in [-0.15, -0.1) is 0 Å². The summed E-state index contributed by atoms with van der Waals surface area (Å²) in [6.07, 6.45) is 5.45. The summed E-state index contributed by atoms with van der Waals surface area (Å²) in [6.45, 7) is 2.41. The maximum Gasteiger partial charge on any atom is 0.204 e. The number of anilines is 1. The van der Waals surface area contributed by atoms with E-state index in [4.69, 9.17) is 9.68 Å². The third-order valence-corrected chi connectivity index (χ3v) is 5.81. The standard InChI is InChI=1S/C17H19BrN4O/c1-22-8-10-2-11(9-22)4-12(3-10)21-17-16(18)14-5-13(6-19)23-15(14)7-20-17/h5,7,10-12H,2-4,8-9H2,1H3,(H,20,21). The molecular weight excluding hydrogens is 356 g/mol. The lowest BCUT2D eigenvalue weighted by Gasteiger charge is -2.43. The van der Waals surface area contributed by atoms with Gasteiger partial charge in [0, 0.05) is 30.6 Å². The van der Waals surface area contributed by atoms with Crippen molar-refractivity contribution in [3.05, 3.63) is 22.5 Å². The molecule has 0 amide bonds. The zero-order valence-electron chi connectivity index (χ0n) is 13.1. The molecule has 0 radical (unpaired) electrons. The van der Waals surface area contributed by atoms with Gasteiger partial charge < -0.3 is 14.6 Å². The first kappa shape index (κ1) is 15.0. The number of nitrogens with one attached hydrogen (secondary N) is 1. The van der Waals surface area contributed by atoms with Crippen molar-refractivity contribution < 1.29 is 4.42 Å². The van der Waals surface area contributed by atoms with E-state index in [1.165, 1.54) is 32.4 Å². The van der Waals surface area contributed by atoms with Crippen molar-refractivity contribution in [2.24, 2.45) is 11.8 Å². The highest BCUT2D eigenvalue weighted by Crippen LogP contribution is 2.37. The van der Waals surface area contributed by atoms with Crippen LogP contribution in [-0.4, -0.2) is 36.1 Å². The lowest BCUT2D eigenvalue weighted by atomic mass is 9.75. The van der Waals surface area contributed by atoms with E-state index in [9.17, 15) is 0 Å². The summed E-state index contributed by atoms with van der Waals surface area (Å²) in [4.78, 5) is 6.95. The van der Waals surface area contributed by atoms with E-state index < -0.39 is 0 Å². The summed E-state index contributed by atoms with van der Waals surface area (Å²) < 4.78 is 6.31. The first-order valence-corrected chi connectivity index (χ1v) is 8.85. The molecule has 2 aromatic heterocycles. The summed E-state index contributed by atoms with van der Waals surface area (Å²) in [5, 5.41) is 13.5. The largest absolute Gasteiger partial charge is 0.444 e. The van der Waals surface area contributed by atoms with E-state index in [0.717, 1.165) is 27.5 Å². The Morgan fingerprint density at radius 3 is 2.78 bits per heavy atom. The molecular formula is C17H19BrN4O. The van der Waals surface area contributed by atoms with Crippen LogP contribution in [0.1, 0.15) is 25.0 Å². The van der Waals surface area contributed by atoms with Crippen molar-refractivity contribution in [2.45, 2.75) is 25.3 Å². The van der Waals surface area contributed by atoms with Crippen molar-refractivity contribution >= 4 is 32.7 Å². The molecule has 6 heteroatoms. The number of fused-ring (bicyclic) bond motifs is 3. The van der Waals surface area contributed by atoms with Gasteiger partial charge in [-0.1, -0.05) is 0 Å². The van der Waals surface area contributed by atoms with Gasteiger partial charge in [0.25, 0.3) is 0 Å². The normalized spacial score (nSPS) is 27.8. The first-order valence-electron chi connectivity index (χ1n) is 8.05. The molecule has 2 atom stereocenters. The highest BCUT2D eigenvalue weighted by atomic mass is 79.9. The van der Waals surface area contributed by atoms with E-state index in [1.807, 2.05) is 6.07 Å². The van der Waals surface area contributed by atoms with Crippen LogP contribution in [0.4, 0.5) is 5.82 Å². The molecule has 1 N–H and O–H groups in total. The molecule has 1 saturated carbocycles. The van der Waals surface area contributed by atoms with E-state index >= 15 is 0 Å². The van der Waals surface area contributed by atoms with Gasteiger partial charge in [-0.05, 0) is 54.1 Å². The minimum absolute atomic E-state index is 0.315. The Hall–Kier alpha value is -1.58. The second kappa shape index (κ2) is 5.81. The molecule has 2 unspecified atom stereocenters. The Kier molecular flexibility index (Phi) is 3.78. The molecule has 0 spiro atoms. The number of nitrogens with zero attached hydrogens (tertiary/aromatic N) is 3. The van der Waals surface area contributed by atoms with Crippen LogP contribution in [0.3, 0.4) is 0 Å². The number of piperidine rings is 1. The SMILES string of the molecule is CN1CC2CC(CC(Nc3ncc4oc(C#N)cc4c3Br)C2)C1. The fraction of sp³-hybridized carbons (Fsp3) is 0.529. The lowest BCUT2D eigenvalue weighted by Crippen LogP contribution is -2.45. The fourth-order valence-corrected chi connectivity index (χ4v) is 4.79. The average Bonchev–Trinajstić information content (AvgIpc) is 2.93. The number of nitriles is 1. The van der Waals surface area contributed by atoms with Crippen LogP contribution in [-0.2, 0) is 0 Å². The van der Waals surface area contributed by atoms with Crippen LogP contribution in [0, 0.1) is 23.2 Å². The monoisotopic (exact) mass is 374 g/mol. The van der Waals surface area contributed by atoms with Gasteiger partial charge in [0.1, 0.15) is 11.9 Å². The summed E-state index contributed by atoms with van der Waals surface area (Å²) >= 11 is 3.62. The molecule has 23 heavy (non-hydrogen) atoms. The van der Waals surface area contributed by atoms with Crippen LogP contribution >= 0.6 is 15.9 Å². The predicted molar refractivity (Wildman–Crippen MR) is 92.2 cm³/mol. The van der Waals surface area contributed by atoms with Crippen molar-refractivity contribution in [1.82, 2.24) is 9.88 Å². The molecule has 1 aliphatic heterocycles. The van der Waals surface area contributed by atoms with E-state index in [0.29, 0.717) is 17.4 Å². The fourth-order valence-electron chi connectivity index (χ4n) is 4.27. The van der Waals surface area contributed by atoms with Crippen LogP contribution in [0.15, 0.2) is 21.2 Å². The van der Waals surface area contributed by atoms with Gasteiger partial charge in [-0.3, -0.25) is 0 Å². The predicted octanol–water partition coefficient (Wildman–Crippen LogP) is 3.60. The zero-order chi connectivity index (χ0) is 16.0. The minimum Gasteiger partial charge on any atom is -0.444 e. The molecule has 3 heterocycles. The summed E-state index contributed by atoms with van der Waals surface area (Å²) in [5.74, 6) is 2.73. The summed E-state index contributed by atoms with van der Waals surface area (Å²) in [5.41, 5.74) is 0.640. The van der Waals surface area contributed by atoms with E-state index in [2.05, 4.69) is 38.2 Å². The Morgan fingerprint density at radius 2 is 2.09 bits per heavy atom. The Bertz CT molecular complexity index is 763. The quantitative estimate of drug-likeness (QED) is 0.869. The topological polar surface area (TPSA) is 65.1 Å². The molecule has 5 nitrogen and oxygen atoms in total. The van der Waals surface area contributed by atoms with Crippen molar-refractivity contribution in [3.63, 3.8) is 0 Å². The van der Waals surface area contributed by atoms with Crippen LogP contribution in [0.5, 0.6) is 0 Å². The van der Waals surface area contributed by atoms with Crippen LogP contribution in [0.2, 0.25) is 0 Å². The van der Waals surface area contributed by atoms with Crippen LogP contribution < -0.4 is 5.32 Å². The summed E-state index contributed by atoms with van der Waals surface area (Å²) in [6, 6.07) is 4.26. The number of rotatable bonds is 2. The maximum atomic E-state index is 8.97. The van der Waals surface area contributed by atoms with Gasteiger partial charge in [-0.2, -0.15) is 5.26 Å². The number of furan rings is 1. The zero-order valence-corrected chi connectivity index (χ0v) is 14.6. The van der Waals surface area contributed by atoms with Crippen molar-refractivity contribution in [1.29, 1.82) is 5.26 Å². The van der Waals surface area contributed by atoms with Gasteiger partial charge >= 0.3 is 0 Å². The van der Waals surface area contributed by atoms with Crippen LogP contribution in [0.25, 0.3) is 11.0 Å².